The van der Waals surface area contributed by atoms with Crippen LogP contribution in [0.5, 0.6) is 11.5 Å². The molecule has 4 nitrogen and oxygen atoms in total. The summed E-state index contributed by atoms with van der Waals surface area (Å²) in [5.41, 5.74) is 0.599. The van der Waals surface area contributed by atoms with Gasteiger partial charge in [0.25, 0.3) is 0 Å². The van der Waals surface area contributed by atoms with Gasteiger partial charge in [0.1, 0.15) is 6.61 Å². The van der Waals surface area contributed by atoms with Crippen molar-refractivity contribution in [2.75, 3.05) is 13.7 Å². The number of terminal acetylenes is 1. The predicted molar refractivity (Wildman–Crippen MR) is 64.0 cm³/mol. The topological polar surface area (TPSA) is 55.8 Å². The van der Waals surface area contributed by atoms with Crippen molar-refractivity contribution >= 4 is 12.0 Å². The lowest BCUT2D eigenvalue weighted by Gasteiger charge is -2.11. The van der Waals surface area contributed by atoms with Crippen molar-refractivity contribution in [2.24, 2.45) is 0 Å². The molecule has 0 unspecified atom stereocenters. The molecule has 0 heterocycles. The van der Waals surface area contributed by atoms with E-state index in [0.29, 0.717) is 17.1 Å². The molecule has 0 aliphatic heterocycles. The molecule has 0 amide bonds. The minimum Gasteiger partial charge on any atom is -0.493 e. The lowest BCUT2D eigenvalue weighted by atomic mass is 10.1. The molecular weight excluding hydrogens is 220 g/mol. The van der Waals surface area contributed by atoms with Crippen molar-refractivity contribution < 1.29 is 19.4 Å². The third-order valence-electron chi connectivity index (χ3n) is 1.93. The molecule has 4 heteroatoms. The summed E-state index contributed by atoms with van der Waals surface area (Å²) in [5, 5.41) is 8.58. The second-order valence-electron chi connectivity index (χ2n) is 3.04. The first-order valence-electron chi connectivity index (χ1n) is 4.83. The van der Waals surface area contributed by atoms with Crippen LogP contribution in [0.2, 0.25) is 0 Å². The first-order valence-corrected chi connectivity index (χ1v) is 4.83. The van der Waals surface area contributed by atoms with E-state index in [2.05, 4.69) is 5.92 Å². The summed E-state index contributed by atoms with van der Waals surface area (Å²) >= 11 is 0. The molecule has 17 heavy (non-hydrogen) atoms. The van der Waals surface area contributed by atoms with Crippen molar-refractivity contribution in [3.05, 3.63) is 29.8 Å². The van der Waals surface area contributed by atoms with Crippen LogP contribution in [-0.4, -0.2) is 24.8 Å². The van der Waals surface area contributed by atoms with Crippen LogP contribution < -0.4 is 9.47 Å². The third kappa shape index (κ3) is 3.58. The number of aliphatic carboxylic acids is 1. The molecular formula is C13H12O4. The highest BCUT2D eigenvalue weighted by molar-refractivity contribution is 5.86. The number of para-hydroxylation sites is 1. The molecule has 1 N–H and O–H groups in total. The maximum Gasteiger partial charge on any atom is 0.328 e. The Hall–Kier alpha value is -2.41. The quantitative estimate of drug-likeness (QED) is 0.621. The standard InChI is InChI=1S/C13H12O4/c1-3-9-17-13-10(7-8-12(14)15)5-4-6-11(13)16-2/h1,4-8H,9H2,2H3,(H,14,15)/b8-7+. The Morgan fingerprint density at radius 2 is 2.35 bits per heavy atom. The molecule has 0 aliphatic rings. The van der Waals surface area contributed by atoms with E-state index in [-0.39, 0.29) is 6.61 Å². The van der Waals surface area contributed by atoms with Crippen molar-refractivity contribution in [2.45, 2.75) is 0 Å². The van der Waals surface area contributed by atoms with E-state index in [4.69, 9.17) is 21.0 Å². The van der Waals surface area contributed by atoms with Gasteiger partial charge in [0, 0.05) is 11.6 Å². The molecule has 1 rings (SSSR count). The second kappa shape index (κ2) is 6.23. The highest BCUT2D eigenvalue weighted by Crippen LogP contribution is 2.31. The normalized spacial score (nSPS) is 9.88. The van der Waals surface area contributed by atoms with E-state index in [0.717, 1.165) is 6.08 Å². The molecule has 0 saturated carbocycles. The van der Waals surface area contributed by atoms with Gasteiger partial charge in [0.15, 0.2) is 11.5 Å². The van der Waals surface area contributed by atoms with Crippen LogP contribution in [0.4, 0.5) is 0 Å². The average Bonchev–Trinajstić information content (AvgIpc) is 2.33. The van der Waals surface area contributed by atoms with Gasteiger partial charge in [-0.05, 0) is 12.1 Å². The van der Waals surface area contributed by atoms with Crippen LogP contribution in [0.15, 0.2) is 24.3 Å². The lowest BCUT2D eigenvalue weighted by molar-refractivity contribution is -0.131. The van der Waals surface area contributed by atoms with Gasteiger partial charge in [0.05, 0.1) is 7.11 Å². The summed E-state index contributed by atoms with van der Waals surface area (Å²) in [6.45, 7) is 0.0916. The summed E-state index contributed by atoms with van der Waals surface area (Å²) in [5.74, 6) is 2.25. The van der Waals surface area contributed by atoms with E-state index in [1.807, 2.05) is 0 Å². The first-order chi connectivity index (χ1) is 8.19. The Balaban J connectivity index is 3.10. The van der Waals surface area contributed by atoms with Gasteiger partial charge < -0.3 is 14.6 Å². The van der Waals surface area contributed by atoms with E-state index in [1.165, 1.54) is 13.2 Å². The van der Waals surface area contributed by atoms with E-state index in [9.17, 15) is 4.79 Å². The Bertz CT molecular complexity index is 469. The van der Waals surface area contributed by atoms with Crippen molar-refractivity contribution in [1.82, 2.24) is 0 Å². The molecule has 0 aromatic heterocycles. The van der Waals surface area contributed by atoms with Gasteiger partial charge in [-0.2, -0.15) is 0 Å². The van der Waals surface area contributed by atoms with Crippen molar-refractivity contribution in [1.29, 1.82) is 0 Å². The Kier molecular flexibility index (Phi) is 4.64. The number of carboxylic acid groups (broad SMARTS) is 1. The summed E-state index contributed by atoms with van der Waals surface area (Å²) in [7, 11) is 1.50. The Labute approximate surface area is 99.5 Å². The maximum atomic E-state index is 10.5. The van der Waals surface area contributed by atoms with Crippen LogP contribution in [0.1, 0.15) is 5.56 Å². The minimum atomic E-state index is -1.03. The summed E-state index contributed by atoms with van der Waals surface area (Å²) in [4.78, 5) is 10.5. The van der Waals surface area contributed by atoms with E-state index in [1.54, 1.807) is 18.2 Å². The second-order valence-corrected chi connectivity index (χ2v) is 3.04. The number of carboxylic acids is 1. The highest BCUT2D eigenvalue weighted by atomic mass is 16.5. The number of hydrogen-bond acceptors (Lipinski definition) is 3. The van der Waals surface area contributed by atoms with Crippen LogP contribution in [0.25, 0.3) is 6.08 Å². The van der Waals surface area contributed by atoms with Gasteiger partial charge in [-0.25, -0.2) is 4.79 Å². The van der Waals surface area contributed by atoms with Gasteiger partial charge in [-0.1, -0.05) is 18.1 Å². The fourth-order valence-corrected chi connectivity index (χ4v) is 1.25. The molecule has 1 aromatic carbocycles. The van der Waals surface area contributed by atoms with Gasteiger partial charge in [-0.3, -0.25) is 0 Å². The van der Waals surface area contributed by atoms with E-state index >= 15 is 0 Å². The van der Waals surface area contributed by atoms with Crippen molar-refractivity contribution in [3.8, 4) is 23.8 Å². The summed E-state index contributed by atoms with van der Waals surface area (Å²) in [6.07, 6.45) is 7.56. The lowest BCUT2D eigenvalue weighted by Crippen LogP contribution is -1.99. The van der Waals surface area contributed by atoms with Crippen LogP contribution >= 0.6 is 0 Å². The highest BCUT2D eigenvalue weighted by Gasteiger charge is 2.08. The zero-order valence-electron chi connectivity index (χ0n) is 9.34. The number of carbonyl (C=O) groups is 1. The number of methoxy groups -OCH3 is 1. The average molecular weight is 232 g/mol. The molecule has 0 fully saturated rings. The molecule has 0 bridgehead atoms. The Morgan fingerprint density at radius 3 is 2.94 bits per heavy atom. The fourth-order valence-electron chi connectivity index (χ4n) is 1.25. The van der Waals surface area contributed by atoms with Gasteiger partial charge in [0.2, 0.25) is 0 Å². The van der Waals surface area contributed by atoms with Crippen LogP contribution in [0, 0.1) is 12.3 Å². The monoisotopic (exact) mass is 232 g/mol. The van der Waals surface area contributed by atoms with Gasteiger partial charge in [-0.15, -0.1) is 6.42 Å². The zero-order valence-corrected chi connectivity index (χ0v) is 9.34. The maximum absolute atomic E-state index is 10.5. The Morgan fingerprint density at radius 1 is 1.59 bits per heavy atom. The molecule has 88 valence electrons. The molecule has 0 atom stereocenters. The number of rotatable bonds is 5. The third-order valence-corrected chi connectivity index (χ3v) is 1.93. The minimum absolute atomic E-state index is 0.0916. The van der Waals surface area contributed by atoms with E-state index < -0.39 is 5.97 Å². The molecule has 0 aliphatic carbocycles. The molecule has 0 saturated heterocycles. The van der Waals surface area contributed by atoms with Crippen LogP contribution in [0.3, 0.4) is 0 Å². The predicted octanol–water partition coefficient (Wildman–Crippen LogP) is 1.80. The summed E-state index contributed by atoms with van der Waals surface area (Å²) in [6, 6.07) is 5.17. The molecule has 1 aromatic rings. The first kappa shape index (κ1) is 12.7. The smallest absolute Gasteiger partial charge is 0.328 e. The zero-order chi connectivity index (χ0) is 12.7. The number of benzene rings is 1. The largest absolute Gasteiger partial charge is 0.493 e. The number of hydrogen-bond donors (Lipinski definition) is 1. The van der Waals surface area contributed by atoms with Crippen LogP contribution in [-0.2, 0) is 4.79 Å². The fraction of sp³-hybridized carbons (Fsp3) is 0.154. The molecule has 0 radical (unpaired) electrons. The SMILES string of the molecule is C#CCOc1c(/C=C/C(=O)O)cccc1OC. The number of ether oxygens (including phenoxy) is 2. The summed E-state index contributed by atoms with van der Waals surface area (Å²) < 4.78 is 10.5. The van der Waals surface area contributed by atoms with Crippen molar-refractivity contribution in [3.63, 3.8) is 0 Å². The van der Waals surface area contributed by atoms with Gasteiger partial charge >= 0.3 is 5.97 Å². The molecule has 0 spiro atoms.